The van der Waals surface area contributed by atoms with Crippen molar-refractivity contribution in [2.24, 2.45) is 0 Å². The van der Waals surface area contributed by atoms with Gasteiger partial charge >= 0.3 is 0 Å². The number of aromatic nitrogens is 4. The summed E-state index contributed by atoms with van der Waals surface area (Å²) < 4.78 is 1.70. The van der Waals surface area contributed by atoms with Gasteiger partial charge in [-0.05, 0) is 66.6 Å². The van der Waals surface area contributed by atoms with Gasteiger partial charge in [-0.25, -0.2) is 0 Å². The number of nitrogens with one attached hydrogen (secondary N) is 1. The van der Waals surface area contributed by atoms with E-state index in [1.54, 1.807) is 4.68 Å². The van der Waals surface area contributed by atoms with Crippen LogP contribution >= 0.6 is 11.8 Å². The molecule has 0 radical (unpaired) electrons. The number of tetrazole rings is 1. The van der Waals surface area contributed by atoms with Gasteiger partial charge in [0, 0.05) is 25.5 Å². The second-order valence-corrected chi connectivity index (χ2v) is 8.11. The van der Waals surface area contributed by atoms with Crippen molar-refractivity contribution < 1.29 is 4.79 Å². The number of rotatable bonds is 6. The summed E-state index contributed by atoms with van der Waals surface area (Å²) in [7, 11) is 3.96. The maximum absolute atomic E-state index is 12.6. The standard InChI is InChI=1S/C20H24N6OS/c1-13-7-6-8-14(2)18(13)26-20(22-23-24-26)28-15(3)19(27)21-16-9-11-17(12-10-16)25(4)5/h6-12,15H,1-5H3,(H,21,27). The maximum atomic E-state index is 12.6. The summed E-state index contributed by atoms with van der Waals surface area (Å²) in [6.45, 7) is 5.88. The Morgan fingerprint density at radius 1 is 1.11 bits per heavy atom. The first kappa shape index (κ1) is 19.9. The molecule has 3 rings (SSSR count). The molecule has 1 N–H and O–H groups in total. The highest BCUT2D eigenvalue weighted by molar-refractivity contribution is 8.00. The molecule has 3 aromatic rings. The van der Waals surface area contributed by atoms with Gasteiger partial charge in [-0.1, -0.05) is 30.0 Å². The van der Waals surface area contributed by atoms with Gasteiger partial charge in [0.1, 0.15) is 0 Å². The zero-order valence-corrected chi connectivity index (χ0v) is 17.5. The Hall–Kier alpha value is -2.87. The number of anilines is 2. The first-order chi connectivity index (χ1) is 13.4. The number of aryl methyl sites for hydroxylation is 2. The topological polar surface area (TPSA) is 75.9 Å². The first-order valence-corrected chi connectivity index (χ1v) is 9.84. The second-order valence-electron chi connectivity index (χ2n) is 6.80. The van der Waals surface area contributed by atoms with E-state index in [0.717, 1.165) is 28.2 Å². The molecule has 0 aliphatic carbocycles. The van der Waals surface area contributed by atoms with E-state index in [9.17, 15) is 4.79 Å². The summed E-state index contributed by atoms with van der Waals surface area (Å²) in [6, 6.07) is 13.8. The van der Waals surface area contributed by atoms with Crippen molar-refractivity contribution in [3.8, 4) is 5.69 Å². The third-order valence-electron chi connectivity index (χ3n) is 4.39. The molecule has 1 atom stereocenters. The summed E-state index contributed by atoms with van der Waals surface area (Å²) in [5.74, 6) is -0.0985. The minimum absolute atomic E-state index is 0.0985. The minimum Gasteiger partial charge on any atom is -0.378 e. The Kier molecular flexibility index (Phi) is 5.99. The van der Waals surface area contributed by atoms with Crippen molar-refractivity contribution in [2.45, 2.75) is 31.2 Å². The first-order valence-electron chi connectivity index (χ1n) is 8.96. The molecule has 0 bridgehead atoms. The van der Waals surface area contributed by atoms with Gasteiger partial charge < -0.3 is 10.2 Å². The van der Waals surface area contributed by atoms with Crippen LogP contribution in [0.1, 0.15) is 18.1 Å². The normalized spacial score (nSPS) is 11.9. The van der Waals surface area contributed by atoms with E-state index < -0.39 is 0 Å². The molecule has 7 nitrogen and oxygen atoms in total. The van der Waals surface area contributed by atoms with Crippen molar-refractivity contribution in [1.29, 1.82) is 0 Å². The van der Waals surface area contributed by atoms with Gasteiger partial charge in [-0.15, -0.1) is 5.10 Å². The Morgan fingerprint density at radius 3 is 2.36 bits per heavy atom. The number of carbonyl (C=O) groups excluding carboxylic acids is 1. The lowest BCUT2D eigenvalue weighted by molar-refractivity contribution is -0.115. The van der Waals surface area contributed by atoms with Crippen molar-refractivity contribution >= 4 is 29.0 Å². The predicted molar refractivity (Wildman–Crippen MR) is 113 cm³/mol. The van der Waals surface area contributed by atoms with Gasteiger partial charge in [-0.2, -0.15) is 4.68 Å². The van der Waals surface area contributed by atoms with Gasteiger partial charge in [0.2, 0.25) is 11.1 Å². The van der Waals surface area contributed by atoms with Crippen LogP contribution in [0.2, 0.25) is 0 Å². The van der Waals surface area contributed by atoms with Crippen molar-refractivity contribution in [3.63, 3.8) is 0 Å². The smallest absolute Gasteiger partial charge is 0.237 e. The molecule has 0 aliphatic heterocycles. The van der Waals surface area contributed by atoms with Gasteiger partial charge in [-0.3, -0.25) is 4.79 Å². The van der Waals surface area contributed by atoms with E-state index in [1.165, 1.54) is 11.8 Å². The molecule has 0 saturated heterocycles. The molecule has 0 saturated carbocycles. The molecule has 1 heterocycles. The Labute approximate surface area is 169 Å². The predicted octanol–water partition coefficient (Wildman–Crippen LogP) is 3.46. The fourth-order valence-electron chi connectivity index (χ4n) is 2.83. The number of thioether (sulfide) groups is 1. The average Bonchev–Trinajstić information content (AvgIpc) is 3.09. The number of amides is 1. The fourth-order valence-corrected chi connectivity index (χ4v) is 3.62. The van der Waals surface area contributed by atoms with Crippen molar-refractivity contribution in [2.75, 3.05) is 24.3 Å². The number of para-hydroxylation sites is 1. The Bertz CT molecular complexity index is 947. The average molecular weight is 397 g/mol. The molecule has 0 aliphatic rings. The van der Waals surface area contributed by atoms with E-state index in [-0.39, 0.29) is 11.2 Å². The van der Waals surface area contributed by atoms with E-state index in [0.29, 0.717) is 5.16 Å². The van der Waals surface area contributed by atoms with Crippen LogP contribution in [0, 0.1) is 13.8 Å². The summed E-state index contributed by atoms with van der Waals surface area (Å²) in [5, 5.41) is 15.2. The fraction of sp³-hybridized carbons (Fsp3) is 0.300. The molecule has 28 heavy (non-hydrogen) atoms. The number of benzene rings is 2. The lowest BCUT2D eigenvalue weighted by Gasteiger charge is -2.15. The third kappa shape index (κ3) is 4.33. The molecule has 0 fully saturated rings. The largest absolute Gasteiger partial charge is 0.378 e. The van der Waals surface area contributed by atoms with Gasteiger partial charge in [0.15, 0.2) is 0 Å². The Morgan fingerprint density at radius 2 is 1.75 bits per heavy atom. The molecular weight excluding hydrogens is 372 g/mol. The molecule has 8 heteroatoms. The number of nitrogens with zero attached hydrogens (tertiary/aromatic N) is 5. The third-order valence-corrected chi connectivity index (χ3v) is 5.43. The number of hydrogen-bond donors (Lipinski definition) is 1. The zero-order chi connectivity index (χ0) is 20.3. The summed E-state index contributed by atoms with van der Waals surface area (Å²) in [6.07, 6.45) is 0. The highest BCUT2D eigenvalue weighted by atomic mass is 32.2. The van der Waals surface area contributed by atoms with Crippen LogP contribution in [0.25, 0.3) is 5.69 Å². The lowest BCUT2D eigenvalue weighted by atomic mass is 10.1. The molecule has 1 unspecified atom stereocenters. The lowest BCUT2D eigenvalue weighted by Crippen LogP contribution is -2.23. The van der Waals surface area contributed by atoms with Crippen LogP contribution in [0.4, 0.5) is 11.4 Å². The van der Waals surface area contributed by atoms with Crippen LogP contribution in [0.3, 0.4) is 0 Å². The monoisotopic (exact) mass is 396 g/mol. The van der Waals surface area contributed by atoms with Crippen LogP contribution < -0.4 is 10.2 Å². The van der Waals surface area contributed by atoms with Crippen molar-refractivity contribution in [1.82, 2.24) is 20.2 Å². The van der Waals surface area contributed by atoms with E-state index in [1.807, 2.05) is 82.2 Å². The highest BCUT2D eigenvalue weighted by Gasteiger charge is 2.20. The van der Waals surface area contributed by atoms with E-state index in [4.69, 9.17) is 0 Å². The van der Waals surface area contributed by atoms with E-state index >= 15 is 0 Å². The summed E-state index contributed by atoms with van der Waals surface area (Å²) >= 11 is 1.33. The van der Waals surface area contributed by atoms with Gasteiger partial charge in [0.05, 0.1) is 10.9 Å². The van der Waals surface area contributed by atoms with Gasteiger partial charge in [0.25, 0.3) is 0 Å². The highest BCUT2D eigenvalue weighted by Crippen LogP contribution is 2.27. The summed E-state index contributed by atoms with van der Waals surface area (Å²) in [4.78, 5) is 14.6. The number of carbonyl (C=O) groups is 1. The molecule has 1 amide bonds. The van der Waals surface area contributed by atoms with Crippen LogP contribution in [-0.2, 0) is 4.79 Å². The van der Waals surface area contributed by atoms with E-state index in [2.05, 4.69) is 20.8 Å². The Balaban J connectivity index is 1.72. The van der Waals surface area contributed by atoms with Crippen molar-refractivity contribution in [3.05, 3.63) is 53.6 Å². The molecular formula is C20H24N6OS. The molecule has 2 aromatic carbocycles. The second kappa shape index (κ2) is 8.43. The SMILES string of the molecule is Cc1cccc(C)c1-n1nnnc1SC(C)C(=O)Nc1ccc(N(C)C)cc1. The number of hydrogen-bond acceptors (Lipinski definition) is 6. The van der Waals surface area contributed by atoms with Crippen LogP contribution in [-0.4, -0.2) is 45.5 Å². The molecule has 1 aromatic heterocycles. The maximum Gasteiger partial charge on any atom is 0.237 e. The minimum atomic E-state index is -0.359. The van der Waals surface area contributed by atoms with Crippen LogP contribution in [0.5, 0.6) is 0 Å². The summed E-state index contributed by atoms with van der Waals surface area (Å²) in [5.41, 5.74) is 4.94. The zero-order valence-electron chi connectivity index (χ0n) is 16.7. The molecule has 146 valence electrons. The quantitative estimate of drug-likeness (QED) is 0.643. The van der Waals surface area contributed by atoms with Crippen LogP contribution in [0.15, 0.2) is 47.6 Å². The molecule has 0 spiro atoms.